The lowest BCUT2D eigenvalue weighted by Crippen LogP contribution is -2.14. The van der Waals surface area contributed by atoms with Gasteiger partial charge in [0.1, 0.15) is 11.6 Å². The molecule has 24 heavy (non-hydrogen) atoms. The van der Waals surface area contributed by atoms with Crippen LogP contribution in [0.4, 0.5) is 10.1 Å². The van der Waals surface area contributed by atoms with Crippen LogP contribution in [0, 0.1) is 5.82 Å². The van der Waals surface area contributed by atoms with Crippen LogP contribution in [0.25, 0.3) is 6.08 Å². The van der Waals surface area contributed by atoms with E-state index in [1.807, 2.05) is 0 Å². The van der Waals surface area contributed by atoms with Gasteiger partial charge in [-0.25, -0.2) is 17.9 Å². The lowest BCUT2D eigenvalue weighted by Gasteiger charge is -2.10. The van der Waals surface area contributed by atoms with Gasteiger partial charge >= 0.3 is 0 Å². The Labute approximate surface area is 138 Å². The average molecular weight is 350 g/mol. The Hall–Kier alpha value is -2.71. The van der Waals surface area contributed by atoms with Crippen LogP contribution >= 0.6 is 0 Å². The molecule has 0 aliphatic heterocycles. The van der Waals surface area contributed by atoms with E-state index in [1.54, 1.807) is 0 Å². The average Bonchev–Trinajstić information content (AvgIpc) is 2.53. The highest BCUT2D eigenvalue weighted by molar-refractivity contribution is 7.89. The molecule has 126 valence electrons. The maximum Gasteiger partial charge on any atom is 0.248 e. The van der Waals surface area contributed by atoms with Crippen LogP contribution in [0.15, 0.2) is 53.4 Å². The van der Waals surface area contributed by atoms with E-state index in [0.717, 1.165) is 0 Å². The molecule has 0 aromatic heterocycles. The number of carbonyl (C=O) groups is 1. The van der Waals surface area contributed by atoms with Gasteiger partial charge in [0.05, 0.1) is 17.7 Å². The van der Waals surface area contributed by atoms with Gasteiger partial charge in [-0.05, 0) is 42.0 Å². The first-order chi connectivity index (χ1) is 11.3. The van der Waals surface area contributed by atoms with Crippen molar-refractivity contribution in [3.8, 4) is 5.75 Å². The molecule has 0 saturated heterocycles. The number of ether oxygens (including phenoxy) is 1. The van der Waals surface area contributed by atoms with Crippen molar-refractivity contribution >= 4 is 27.7 Å². The molecule has 1 amide bonds. The number of nitrogens with two attached hydrogens (primary N) is 1. The van der Waals surface area contributed by atoms with E-state index in [4.69, 9.17) is 9.88 Å². The van der Waals surface area contributed by atoms with Crippen molar-refractivity contribution in [2.24, 2.45) is 5.14 Å². The third kappa shape index (κ3) is 4.64. The molecular formula is C16H15FN2O4S. The van der Waals surface area contributed by atoms with Crippen molar-refractivity contribution in [1.82, 2.24) is 0 Å². The molecule has 0 fully saturated rings. The van der Waals surface area contributed by atoms with E-state index in [2.05, 4.69) is 5.32 Å². The molecule has 0 heterocycles. The molecule has 0 radical (unpaired) electrons. The van der Waals surface area contributed by atoms with Crippen LogP contribution in [-0.2, 0) is 14.8 Å². The molecule has 0 aliphatic rings. The highest BCUT2D eigenvalue weighted by atomic mass is 32.2. The topological polar surface area (TPSA) is 98.5 Å². The SMILES string of the molecule is COc1ccc(S(N)(=O)=O)cc1NC(=O)/C=C/c1ccc(F)cc1. The second-order valence-corrected chi connectivity index (χ2v) is 6.34. The standard InChI is InChI=1S/C16H15FN2O4S/c1-23-15-8-7-13(24(18,21)22)10-14(15)19-16(20)9-4-11-2-5-12(17)6-3-11/h2-10H,1H3,(H,19,20)(H2,18,21,22)/b9-4+. The molecule has 0 aliphatic carbocycles. The van der Waals surface area contributed by atoms with Gasteiger partial charge in [0.25, 0.3) is 0 Å². The zero-order valence-electron chi connectivity index (χ0n) is 12.7. The van der Waals surface area contributed by atoms with E-state index in [-0.39, 0.29) is 22.1 Å². The normalized spacial score (nSPS) is 11.5. The second kappa shape index (κ2) is 7.24. The minimum Gasteiger partial charge on any atom is -0.495 e. The molecule has 2 aromatic carbocycles. The number of benzene rings is 2. The van der Waals surface area contributed by atoms with E-state index in [1.165, 1.54) is 61.7 Å². The number of hydrogen-bond donors (Lipinski definition) is 2. The zero-order chi connectivity index (χ0) is 17.7. The summed E-state index contributed by atoms with van der Waals surface area (Å²) in [5, 5.41) is 7.58. The molecule has 0 unspecified atom stereocenters. The van der Waals surface area contributed by atoms with Crippen molar-refractivity contribution in [3.63, 3.8) is 0 Å². The van der Waals surface area contributed by atoms with E-state index >= 15 is 0 Å². The quantitative estimate of drug-likeness (QED) is 0.807. The summed E-state index contributed by atoms with van der Waals surface area (Å²) in [6.45, 7) is 0. The highest BCUT2D eigenvalue weighted by Gasteiger charge is 2.13. The van der Waals surface area contributed by atoms with Gasteiger partial charge in [-0.2, -0.15) is 0 Å². The van der Waals surface area contributed by atoms with Crippen LogP contribution in [0.3, 0.4) is 0 Å². The molecule has 8 heteroatoms. The van der Waals surface area contributed by atoms with Gasteiger partial charge in [-0.1, -0.05) is 12.1 Å². The number of primary sulfonamides is 1. The van der Waals surface area contributed by atoms with Gasteiger partial charge in [-0.3, -0.25) is 4.79 Å². The van der Waals surface area contributed by atoms with Gasteiger partial charge < -0.3 is 10.1 Å². The predicted octanol–water partition coefficient (Wildman–Crippen LogP) is 2.13. The Kier molecular flexibility index (Phi) is 5.32. The first kappa shape index (κ1) is 17.6. The highest BCUT2D eigenvalue weighted by Crippen LogP contribution is 2.27. The molecule has 2 rings (SSSR count). The number of methoxy groups -OCH3 is 1. The first-order valence-corrected chi connectivity index (χ1v) is 8.30. The van der Waals surface area contributed by atoms with Crippen LogP contribution < -0.4 is 15.2 Å². The summed E-state index contributed by atoms with van der Waals surface area (Å²) in [6.07, 6.45) is 2.72. The third-order valence-electron chi connectivity index (χ3n) is 3.05. The zero-order valence-corrected chi connectivity index (χ0v) is 13.5. The molecule has 0 bridgehead atoms. The lowest BCUT2D eigenvalue weighted by atomic mass is 10.2. The maximum absolute atomic E-state index is 12.8. The fraction of sp³-hybridized carbons (Fsp3) is 0.0625. The van der Waals surface area contributed by atoms with Crippen molar-refractivity contribution in [2.45, 2.75) is 4.90 Å². The Morgan fingerprint density at radius 2 is 1.88 bits per heavy atom. The summed E-state index contributed by atoms with van der Waals surface area (Å²) in [5.74, 6) is -0.601. The summed E-state index contributed by atoms with van der Waals surface area (Å²) >= 11 is 0. The Morgan fingerprint density at radius 3 is 2.46 bits per heavy atom. The first-order valence-electron chi connectivity index (χ1n) is 6.75. The predicted molar refractivity (Wildman–Crippen MR) is 88.4 cm³/mol. The summed E-state index contributed by atoms with van der Waals surface area (Å²) in [7, 11) is -2.52. The molecule has 3 N–H and O–H groups in total. The number of sulfonamides is 1. The Bertz CT molecular complexity index is 877. The lowest BCUT2D eigenvalue weighted by molar-refractivity contribution is -0.111. The minimum atomic E-state index is -3.91. The number of nitrogens with one attached hydrogen (secondary N) is 1. The van der Waals surface area contributed by atoms with Crippen LogP contribution in [0.5, 0.6) is 5.75 Å². The number of amides is 1. The summed E-state index contributed by atoms with van der Waals surface area (Å²) in [5.41, 5.74) is 0.801. The molecule has 0 atom stereocenters. The van der Waals surface area contributed by atoms with E-state index < -0.39 is 15.9 Å². The summed E-state index contributed by atoms with van der Waals surface area (Å²) in [4.78, 5) is 11.8. The summed E-state index contributed by atoms with van der Waals surface area (Å²) < 4.78 is 40.7. The maximum atomic E-state index is 12.8. The third-order valence-corrected chi connectivity index (χ3v) is 3.97. The van der Waals surface area contributed by atoms with Gasteiger partial charge in [0, 0.05) is 6.08 Å². The second-order valence-electron chi connectivity index (χ2n) is 4.78. The Balaban J connectivity index is 2.20. The number of carbonyl (C=O) groups excluding carboxylic acids is 1. The number of halogens is 1. The Morgan fingerprint density at radius 1 is 1.21 bits per heavy atom. The number of anilines is 1. The van der Waals surface area contributed by atoms with Crippen molar-refractivity contribution in [1.29, 1.82) is 0 Å². The molecule has 2 aromatic rings. The fourth-order valence-corrected chi connectivity index (χ4v) is 2.42. The van der Waals surface area contributed by atoms with E-state index in [0.29, 0.717) is 5.56 Å². The molecule has 0 saturated carbocycles. The van der Waals surface area contributed by atoms with Crippen LogP contribution in [-0.4, -0.2) is 21.4 Å². The van der Waals surface area contributed by atoms with Crippen LogP contribution in [0.2, 0.25) is 0 Å². The monoisotopic (exact) mass is 350 g/mol. The van der Waals surface area contributed by atoms with Crippen molar-refractivity contribution < 1.29 is 22.3 Å². The van der Waals surface area contributed by atoms with E-state index in [9.17, 15) is 17.6 Å². The van der Waals surface area contributed by atoms with Gasteiger partial charge in [0.15, 0.2) is 0 Å². The van der Waals surface area contributed by atoms with Gasteiger partial charge in [0.2, 0.25) is 15.9 Å². The molecule has 6 nitrogen and oxygen atoms in total. The summed E-state index contributed by atoms with van der Waals surface area (Å²) in [6, 6.07) is 9.45. The molecule has 0 spiro atoms. The largest absolute Gasteiger partial charge is 0.495 e. The minimum absolute atomic E-state index is 0.152. The number of hydrogen-bond acceptors (Lipinski definition) is 4. The smallest absolute Gasteiger partial charge is 0.248 e. The van der Waals surface area contributed by atoms with Gasteiger partial charge in [-0.15, -0.1) is 0 Å². The number of rotatable bonds is 5. The fourth-order valence-electron chi connectivity index (χ4n) is 1.88. The van der Waals surface area contributed by atoms with Crippen molar-refractivity contribution in [2.75, 3.05) is 12.4 Å². The molecular weight excluding hydrogens is 335 g/mol. The van der Waals surface area contributed by atoms with Crippen LogP contribution in [0.1, 0.15) is 5.56 Å². The van der Waals surface area contributed by atoms with Crippen molar-refractivity contribution in [3.05, 3.63) is 59.9 Å².